The number of halogens is 2. The molecule has 8 heteroatoms. The Bertz CT molecular complexity index is 647. The van der Waals surface area contributed by atoms with Gasteiger partial charge in [0.1, 0.15) is 11.5 Å². The van der Waals surface area contributed by atoms with E-state index < -0.39 is 6.61 Å². The minimum Gasteiger partial charge on any atom is -0.497 e. The summed E-state index contributed by atoms with van der Waals surface area (Å²) in [5.74, 6) is 1.30. The quantitative estimate of drug-likeness (QED) is 0.520. The molecule has 2 N–H and O–H groups in total. The molecule has 1 aliphatic rings. The highest BCUT2D eigenvalue weighted by Crippen LogP contribution is 2.25. The van der Waals surface area contributed by atoms with Gasteiger partial charge in [0.25, 0.3) is 0 Å². The maximum absolute atomic E-state index is 12.7. The maximum Gasteiger partial charge on any atom is 0.387 e. The van der Waals surface area contributed by atoms with Gasteiger partial charge in [-0.1, -0.05) is 6.42 Å². The lowest BCUT2D eigenvalue weighted by Gasteiger charge is -2.41. The van der Waals surface area contributed by atoms with E-state index in [9.17, 15) is 8.78 Å². The van der Waals surface area contributed by atoms with Gasteiger partial charge in [-0.05, 0) is 58.0 Å². The Morgan fingerprint density at radius 1 is 1.21 bits per heavy atom. The molecule has 28 heavy (non-hydrogen) atoms. The molecule has 0 unspecified atom stereocenters. The lowest BCUT2D eigenvalue weighted by molar-refractivity contribution is -0.0505. The third-order valence-corrected chi connectivity index (χ3v) is 5.05. The van der Waals surface area contributed by atoms with Crippen LogP contribution in [0.1, 0.15) is 38.7 Å². The summed E-state index contributed by atoms with van der Waals surface area (Å²) in [4.78, 5) is 6.73. The Balaban J connectivity index is 1.96. The van der Waals surface area contributed by atoms with Gasteiger partial charge in [-0.2, -0.15) is 8.78 Å². The molecule has 1 aliphatic heterocycles. The summed E-state index contributed by atoms with van der Waals surface area (Å²) >= 11 is 0. The van der Waals surface area contributed by atoms with Gasteiger partial charge in [-0.3, -0.25) is 9.89 Å². The number of methoxy groups -OCH3 is 1. The Hall–Kier alpha value is -2.09. The highest BCUT2D eigenvalue weighted by Gasteiger charge is 2.27. The number of hydrogen-bond donors (Lipinski definition) is 2. The van der Waals surface area contributed by atoms with E-state index in [1.54, 1.807) is 19.2 Å². The number of hydrogen-bond acceptors (Lipinski definition) is 4. The zero-order valence-electron chi connectivity index (χ0n) is 17.2. The molecule has 0 aromatic heterocycles. The Morgan fingerprint density at radius 3 is 2.54 bits per heavy atom. The molecule has 0 radical (unpaired) electrons. The van der Waals surface area contributed by atoms with Gasteiger partial charge in [-0.25, -0.2) is 0 Å². The number of guanidine groups is 1. The standard InChI is InChI=1S/C20H32F2N4O2/c1-20(2,26-10-6-5-7-11-26)14-25-19(23-3)24-13-15-12-16(27-4)8-9-17(15)28-18(21)22/h8-9,12,18H,5-7,10-11,13-14H2,1-4H3,(H2,23,24,25). The van der Waals surface area contributed by atoms with Crippen LogP contribution in [0.15, 0.2) is 23.2 Å². The zero-order valence-corrected chi connectivity index (χ0v) is 17.2. The molecule has 6 nitrogen and oxygen atoms in total. The van der Waals surface area contributed by atoms with Crippen molar-refractivity contribution in [3.05, 3.63) is 23.8 Å². The number of benzene rings is 1. The van der Waals surface area contributed by atoms with Crippen LogP contribution in [0.3, 0.4) is 0 Å². The Kier molecular flexibility index (Phi) is 8.29. The first-order valence-corrected chi connectivity index (χ1v) is 9.67. The predicted molar refractivity (Wildman–Crippen MR) is 107 cm³/mol. The van der Waals surface area contributed by atoms with E-state index >= 15 is 0 Å². The third-order valence-electron chi connectivity index (χ3n) is 5.05. The molecule has 0 atom stereocenters. The van der Waals surface area contributed by atoms with Crippen LogP contribution < -0.4 is 20.1 Å². The van der Waals surface area contributed by atoms with Gasteiger partial charge < -0.3 is 20.1 Å². The number of nitrogens with zero attached hydrogens (tertiary/aromatic N) is 2. The van der Waals surface area contributed by atoms with Crippen molar-refractivity contribution in [3.8, 4) is 11.5 Å². The summed E-state index contributed by atoms with van der Waals surface area (Å²) in [7, 11) is 3.22. The summed E-state index contributed by atoms with van der Waals surface area (Å²) in [5, 5.41) is 6.51. The minimum atomic E-state index is -2.88. The second kappa shape index (κ2) is 10.5. The van der Waals surface area contributed by atoms with Gasteiger partial charge in [0, 0.05) is 31.2 Å². The van der Waals surface area contributed by atoms with Crippen LogP contribution >= 0.6 is 0 Å². The number of likely N-dealkylation sites (tertiary alicyclic amines) is 1. The smallest absolute Gasteiger partial charge is 0.387 e. The molecule has 0 amide bonds. The van der Waals surface area contributed by atoms with E-state index in [-0.39, 0.29) is 17.8 Å². The molecule has 1 aromatic rings. The van der Waals surface area contributed by atoms with Crippen LogP contribution in [-0.2, 0) is 6.54 Å². The van der Waals surface area contributed by atoms with E-state index in [0.29, 0.717) is 17.3 Å². The molecule has 0 spiro atoms. The lowest BCUT2D eigenvalue weighted by Crippen LogP contribution is -2.54. The van der Waals surface area contributed by atoms with E-state index in [1.165, 1.54) is 32.4 Å². The molecular weight excluding hydrogens is 366 g/mol. The second-order valence-electron chi connectivity index (χ2n) is 7.49. The van der Waals surface area contributed by atoms with Crippen LogP contribution in [0.25, 0.3) is 0 Å². The fourth-order valence-corrected chi connectivity index (χ4v) is 3.34. The summed E-state index contributed by atoms with van der Waals surface area (Å²) in [6, 6.07) is 4.75. The van der Waals surface area contributed by atoms with E-state index in [2.05, 4.69) is 39.1 Å². The number of piperidine rings is 1. The first kappa shape index (κ1) is 22.2. The summed E-state index contributed by atoms with van der Waals surface area (Å²) in [6.07, 6.45) is 3.77. The van der Waals surface area contributed by atoms with E-state index in [0.717, 1.165) is 19.6 Å². The van der Waals surface area contributed by atoms with E-state index in [4.69, 9.17) is 4.74 Å². The topological polar surface area (TPSA) is 58.1 Å². The van der Waals surface area contributed by atoms with Crippen molar-refractivity contribution in [2.24, 2.45) is 4.99 Å². The molecule has 1 fully saturated rings. The molecule has 1 heterocycles. The fraction of sp³-hybridized carbons (Fsp3) is 0.650. The fourth-order valence-electron chi connectivity index (χ4n) is 3.34. The number of aliphatic imine (C=N–C) groups is 1. The maximum atomic E-state index is 12.7. The van der Waals surface area contributed by atoms with Crippen LogP contribution in [0, 0.1) is 0 Å². The highest BCUT2D eigenvalue weighted by atomic mass is 19.3. The summed E-state index contributed by atoms with van der Waals surface area (Å²) in [5.41, 5.74) is 0.565. The van der Waals surface area contributed by atoms with Crippen LogP contribution in [-0.4, -0.2) is 56.8 Å². The average molecular weight is 398 g/mol. The molecule has 1 aromatic carbocycles. The summed E-state index contributed by atoms with van der Waals surface area (Å²) < 4.78 is 35.1. The molecule has 0 bridgehead atoms. The number of rotatable bonds is 8. The SMILES string of the molecule is CN=C(NCc1cc(OC)ccc1OC(F)F)NCC(C)(C)N1CCCCC1. The van der Waals surface area contributed by atoms with Crippen molar-refractivity contribution >= 4 is 5.96 Å². The third kappa shape index (κ3) is 6.51. The van der Waals surface area contributed by atoms with E-state index in [1.807, 2.05) is 0 Å². The molecule has 0 saturated carbocycles. The highest BCUT2D eigenvalue weighted by molar-refractivity contribution is 5.79. The van der Waals surface area contributed by atoms with Crippen LogP contribution in [0.2, 0.25) is 0 Å². The van der Waals surface area contributed by atoms with Gasteiger partial charge in [0.2, 0.25) is 0 Å². The number of alkyl halides is 2. The first-order chi connectivity index (χ1) is 13.4. The van der Waals surface area contributed by atoms with Crippen molar-refractivity contribution in [2.75, 3.05) is 33.8 Å². The van der Waals surface area contributed by atoms with Crippen LogP contribution in [0.5, 0.6) is 11.5 Å². The Morgan fingerprint density at radius 2 is 1.93 bits per heavy atom. The normalized spacial score (nSPS) is 16.2. The van der Waals surface area contributed by atoms with Gasteiger partial charge >= 0.3 is 6.61 Å². The molecule has 0 aliphatic carbocycles. The predicted octanol–water partition coefficient (Wildman–Crippen LogP) is 3.23. The van der Waals surface area contributed by atoms with Crippen molar-refractivity contribution in [3.63, 3.8) is 0 Å². The van der Waals surface area contributed by atoms with Gasteiger partial charge in [0.15, 0.2) is 5.96 Å². The van der Waals surface area contributed by atoms with Crippen LogP contribution in [0.4, 0.5) is 8.78 Å². The van der Waals surface area contributed by atoms with Gasteiger partial charge in [-0.15, -0.1) is 0 Å². The van der Waals surface area contributed by atoms with Crippen molar-refractivity contribution < 1.29 is 18.3 Å². The van der Waals surface area contributed by atoms with Crippen molar-refractivity contribution in [2.45, 2.75) is 51.8 Å². The molecule has 1 saturated heterocycles. The monoisotopic (exact) mass is 398 g/mol. The zero-order chi connectivity index (χ0) is 20.6. The molecule has 158 valence electrons. The molecular formula is C20H32F2N4O2. The largest absolute Gasteiger partial charge is 0.497 e. The number of ether oxygens (including phenoxy) is 2. The minimum absolute atomic E-state index is 0.00203. The second-order valence-corrected chi connectivity index (χ2v) is 7.49. The van der Waals surface area contributed by atoms with Gasteiger partial charge in [0.05, 0.1) is 7.11 Å². The number of nitrogens with one attached hydrogen (secondary N) is 2. The van der Waals surface area contributed by atoms with Crippen molar-refractivity contribution in [1.82, 2.24) is 15.5 Å². The average Bonchev–Trinajstić information content (AvgIpc) is 2.69. The lowest BCUT2D eigenvalue weighted by atomic mass is 9.98. The summed E-state index contributed by atoms with van der Waals surface area (Å²) in [6.45, 7) is 4.78. The van der Waals surface area contributed by atoms with Crippen molar-refractivity contribution in [1.29, 1.82) is 0 Å². The first-order valence-electron chi connectivity index (χ1n) is 9.67. The molecule has 2 rings (SSSR count). The Labute approximate surface area is 166 Å².